The maximum atomic E-state index is 5.96. The first-order chi connectivity index (χ1) is 8.69. The molecule has 1 atom stereocenters. The van der Waals surface area contributed by atoms with Crippen LogP contribution in [0.4, 0.5) is 0 Å². The first-order valence-electron chi connectivity index (χ1n) is 5.42. The lowest BCUT2D eigenvalue weighted by atomic mass is 10.1. The Bertz CT molecular complexity index is 536. The van der Waals surface area contributed by atoms with Gasteiger partial charge >= 0.3 is 0 Å². The van der Waals surface area contributed by atoms with Crippen LogP contribution in [0.2, 0.25) is 5.02 Å². The van der Waals surface area contributed by atoms with Crippen molar-refractivity contribution in [3.05, 3.63) is 57.8 Å². The van der Waals surface area contributed by atoms with Crippen molar-refractivity contribution in [3.8, 4) is 5.75 Å². The van der Waals surface area contributed by atoms with Gasteiger partial charge in [0.25, 0.3) is 0 Å². The molecule has 1 heterocycles. The Balaban J connectivity index is 2.19. The molecule has 0 aliphatic carbocycles. The summed E-state index contributed by atoms with van der Waals surface area (Å²) in [6, 6.07) is 9.33. The lowest BCUT2D eigenvalue weighted by molar-refractivity contribution is 0.213. The van der Waals surface area contributed by atoms with E-state index in [1.54, 1.807) is 12.4 Å². The molecule has 1 aromatic carbocycles. The maximum absolute atomic E-state index is 5.96. The quantitative estimate of drug-likeness (QED) is 0.934. The van der Waals surface area contributed by atoms with Crippen LogP contribution in [0.5, 0.6) is 5.75 Å². The van der Waals surface area contributed by atoms with Crippen molar-refractivity contribution in [1.82, 2.24) is 4.98 Å². The highest BCUT2D eigenvalue weighted by Crippen LogP contribution is 2.24. The van der Waals surface area contributed by atoms with Crippen molar-refractivity contribution >= 4 is 27.5 Å². The molecule has 0 aliphatic rings. The van der Waals surface area contributed by atoms with Gasteiger partial charge in [-0.25, -0.2) is 0 Å². The Hall–Kier alpha value is -1.10. The van der Waals surface area contributed by atoms with E-state index in [1.807, 2.05) is 30.3 Å². The number of hydrogen-bond donors (Lipinski definition) is 1. The van der Waals surface area contributed by atoms with E-state index in [-0.39, 0.29) is 6.10 Å². The Kier molecular flexibility index (Phi) is 4.58. The molecule has 2 N–H and O–H groups in total. The highest BCUT2D eigenvalue weighted by atomic mass is 79.9. The molecule has 0 fully saturated rings. The topological polar surface area (TPSA) is 48.1 Å². The van der Waals surface area contributed by atoms with E-state index in [4.69, 9.17) is 22.1 Å². The maximum Gasteiger partial charge on any atom is 0.139 e. The summed E-state index contributed by atoms with van der Waals surface area (Å²) in [4.78, 5) is 4.04. The summed E-state index contributed by atoms with van der Waals surface area (Å²) in [5.41, 5.74) is 6.69. The van der Waals surface area contributed by atoms with Crippen LogP contribution in [0, 0.1) is 0 Å². The average molecular weight is 328 g/mol. The van der Waals surface area contributed by atoms with Crippen molar-refractivity contribution in [1.29, 1.82) is 0 Å². The van der Waals surface area contributed by atoms with Crippen LogP contribution >= 0.6 is 27.5 Å². The average Bonchev–Trinajstić information content (AvgIpc) is 2.36. The molecule has 0 bridgehead atoms. The van der Waals surface area contributed by atoms with Crippen LogP contribution < -0.4 is 10.5 Å². The molecule has 3 nitrogen and oxygen atoms in total. The fourth-order valence-corrected chi connectivity index (χ4v) is 2.12. The highest BCUT2D eigenvalue weighted by Gasteiger charge is 2.12. The van der Waals surface area contributed by atoms with Gasteiger partial charge in [-0.3, -0.25) is 4.98 Å². The minimum atomic E-state index is -0.236. The van der Waals surface area contributed by atoms with Gasteiger partial charge in [-0.05, 0) is 39.7 Å². The number of nitrogens with two attached hydrogens (primary N) is 1. The molecule has 1 aromatic heterocycles. The van der Waals surface area contributed by atoms with Gasteiger partial charge in [0.2, 0.25) is 0 Å². The van der Waals surface area contributed by atoms with E-state index in [0.717, 1.165) is 10.0 Å². The lowest BCUT2D eigenvalue weighted by Gasteiger charge is -2.17. The zero-order valence-corrected chi connectivity index (χ0v) is 11.9. The fourth-order valence-electron chi connectivity index (χ4n) is 1.58. The van der Waals surface area contributed by atoms with Crippen LogP contribution in [-0.4, -0.2) is 11.5 Å². The van der Waals surface area contributed by atoms with Crippen LogP contribution in [-0.2, 0) is 0 Å². The minimum Gasteiger partial charge on any atom is -0.483 e. The molecule has 2 rings (SSSR count). The number of aromatic nitrogens is 1. The summed E-state index contributed by atoms with van der Waals surface area (Å²) in [6.45, 7) is 0.368. The predicted octanol–water partition coefficient (Wildman–Crippen LogP) is 3.58. The van der Waals surface area contributed by atoms with E-state index in [9.17, 15) is 0 Å². The van der Waals surface area contributed by atoms with Gasteiger partial charge in [0.15, 0.2) is 0 Å². The first-order valence-corrected chi connectivity index (χ1v) is 6.59. The highest BCUT2D eigenvalue weighted by molar-refractivity contribution is 9.10. The third kappa shape index (κ3) is 3.45. The molecular formula is C13H12BrClN2O. The van der Waals surface area contributed by atoms with Crippen molar-refractivity contribution in [3.63, 3.8) is 0 Å². The molecule has 5 heteroatoms. The molecule has 1 unspecified atom stereocenters. The van der Waals surface area contributed by atoms with Gasteiger partial charge in [-0.2, -0.15) is 0 Å². The molecule has 0 saturated heterocycles. The summed E-state index contributed by atoms with van der Waals surface area (Å²) in [5, 5.41) is 0.668. The van der Waals surface area contributed by atoms with Crippen molar-refractivity contribution in [2.75, 3.05) is 6.54 Å². The number of rotatable bonds is 4. The molecule has 0 aliphatic heterocycles. The summed E-state index contributed by atoms with van der Waals surface area (Å²) < 4.78 is 6.67. The zero-order chi connectivity index (χ0) is 13.0. The second-order valence-electron chi connectivity index (χ2n) is 3.74. The summed E-state index contributed by atoms with van der Waals surface area (Å²) in [6.07, 6.45) is 3.11. The first kappa shape index (κ1) is 13.3. The Labute approximate surface area is 119 Å². The third-order valence-electron chi connectivity index (χ3n) is 2.39. The van der Waals surface area contributed by atoms with Crippen molar-refractivity contribution in [2.45, 2.75) is 6.10 Å². The molecular weight excluding hydrogens is 316 g/mol. The second-order valence-corrected chi connectivity index (χ2v) is 5.09. The molecule has 2 aromatic rings. The van der Waals surface area contributed by atoms with E-state index >= 15 is 0 Å². The van der Waals surface area contributed by atoms with Gasteiger partial charge in [0.05, 0.1) is 6.20 Å². The van der Waals surface area contributed by atoms with Crippen LogP contribution in [0.15, 0.2) is 47.2 Å². The van der Waals surface area contributed by atoms with Gasteiger partial charge < -0.3 is 10.5 Å². The normalized spacial score (nSPS) is 12.2. The van der Waals surface area contributed by atoms with E-state index in [0.29, 0.717) is 17.3 Å². The largest absolute Gasteiger partial charge is 0.483 e. The number of ether oxygens (including phenoxy) is 1. The number of nitrogens with zero attached hydrogens (tertiary/aromatic N) is 1. The fraction of sp³-hybridized carbons (Fsp3) is 0.154. The lowest BCUT2D eigenvalue weighted by Crippen LogP contribution is -2.18. The standard InChI is InChI=1S/C13H12BrClN2O/c14-10-5-12(8-17-7-10)18-13(6-16)9-2-1-3-11(15)4-9/h1-5,7-8,13H,6,16H2. The van der Waals surface area contributed by atoms with E-state index in [2.05, 4.69) is 20.9 Å². The second kappa shape index (κ2) is 6.18. The van der Waals surface area contributed by atoms with Crippen LogP contribution in [0.25, 0.3) is 0 Å². The Morgan fingerprint density at radius 1 is 1.33 bits per heavy atom. The zero-order valence-electron chi connectivity index (χ0n) is 9.51. The Morgan fingerprint density at radius 3 is 2.83 bits per heavy atom. The van der Waals surface area contributed by atoms with E-state index in [1.165, 1.54) is 0 Å². The van der Waals surface area contributed by atoms with Crippen molar-refractivity contribution < 1.29 is 4.74 Å². The molecule has 0 amide bonds. The molecule has 0 saturated carbocycles. The number of benzene rings is 1. The smallest absolute Gasteiger partial charge is 0.139 e. The van der Waals surface area contributed by atoms with Crippen molar-refractivity contribution in [2.24, 2.45) is 5.73 Å². The SMILES string of the molecule is NCC(Oc1cncc(Br)c1)c1cccc(Cl)c1. The molecule has 0 radical (unpaired) electrons. The van der Waals surface area contributed by atoms with Gasteiger partial charge in [-0.1, -0.05) is 23.7 Å². The minimum absolute atomic E-state index is 0.236. The summed E-state index contributed by atoms with van der Waals surface area (Å²) in [7, 11) is 0. The summed E-state index contributed by atoms with van der Waals surface area (Å²) in [5.74, 6) is 0.666. The van der Waals surface area contributed by atoms with Gasteiger partial charge in [0, 0.05) is 22.2 Å². The summed E-state index contributed by atoms with van der Waals surface area (Å²) >= 11 is 9.30. The van der Waals surface area contributed by atoms with Crippen LogP contribution in [0.1, 0.15) is 11.7 Å². The number of pyridine rings is 1. The van der Waals surface area contributed by atoms with Gasteiger partial charge in [-0.15, -0.1) is 0 Å². The number of halogens is 2. The van der Waals surface area contributed by atoms with Crippen LogP contribution in [0.3, 0.4) is 0 Å². The third-order valence-corrected chi connectivity index (χ3v) is 3.06. The predicted molar refractivity (Wildman–Crippen MR) is 75.8 cm³/mol. The molecule has 94 valence electrons. The number of hydrogen-bond acceptors (Lipinski definition) is 3. The Morgan fingerprint density at radius 2 is 2.17 bits per heavy atom. The molecule has 0 spiro atoms. The monoisotopic (exact) mass is 326 g/mol. The molecule has 18 heavy (non-hydrogen) atoms. The van der Waals surface area contributed by atoms with E-state index < -0.39 is 0 Å². The van der Waals surface area contributed by atoms with Gasteiger partial charge in [0.1, 0.15) is 11.9 Å².